The number of nitrogens with one attached hydrogen (secondary N) is 1. The first-order valence-electron chi connectivity index (χ1n) is 6.15. The molecule has 1 aromatic rings. The third kappa shape index (κ3) is 5.00. The van der Waals surface area contributed by atoms with E-state index in [1.807, 2.05) is 25.1 Å². The molecule has 0 aliphatic rings. The highest BCUT2D eigenvalue weighted by Crippen LogP contribution is 2.17. The maximum absolute atomic E-state index is 11.7. The summed E-state index contributed by atoms with van der Waals surface area (Å²) >= 11 is 0. The van der Waals surface area contributed by atoms with Crippen LogP contribution in [-0.2, 0) is 4.79 Å². The molecule has 0 aromatic heterocycles. The molecule has 0 aliphatic heterocycles. The first-order chi connectivity index (χ1) is 8.13. The van der Waals surface area contributed by atoms with E-state index in [1.54, 1.807) is 0 Å². The molecule has 0 aliphatic carbocycles. The fourth-order valence-corrected chi connectivity index (χ4v) is 1.62. The molecule has 1 aromatic carbocycles. The van der Waals surface area contributed by atoms with Crippen molar-refractivity contribution >= 4 is 5.91 Å². The normalized spacial score (nSPS) is 14.1. The zero-order valence-corrected chi connectivity index (χ0v) is 10.6. The maximum atomic E-state index is 11.7. The van der Waals surface area contributed by atoms with E-state index in [9.17, 15) is 4.79 Å². The highest BCUT2D eigenvalue weighted by atomic mass is 16.1. The Labute approximate surface area is 103 Å². The first kappa shape index (κ1) is 13.7. The number of benzene rings is 1. The zero-order valence-electron chi connectivity index (χ0n) is 10.6. The van der Waals surface area contributed by atoms with Crippen LogP contribution in [0.25, 0.3) is 0 Å². The van der Waals surface area contributed by atoms with Crippen LogP contribution >= 0.6 is 0 Å². The lowest BCUT2D eigenvalue weighted by Gasteiger charge is -2.13. The van der Waals surface area contributed by atoms with Crippen LogP contribution in [0.1, 0.15) is 31.7 Å². The molecular weight excluding hydrogens is 212 g/mol. The summed E-state index contributed by atoms with van der Waals surface area (Å²) in [4.78, 5) is 11.7. The molecule has 1 rings (SSSR count). The number of carbonyl (C=O) groups is 1. The number of carbonyl (C=O) groups excluding carboxylic acids is 1. The molecule has 1 amide bonds. The maximum Gasteiger partial charge on any atom is 0.220 e. The summed E-state index contributed by atoms with van der Waals surface area (Å²) in [6.07, 6.45) is 0.529. The van der Waals surface area contributed by atoms with Crippen LogP contribution in [0.15, 0.2) is 30.3 Å². The number of rotatable bonds is 6. The second-order valence-electron chi connectivity index (χ2n) is 4.66. The van der Waals surface area contributed by atoms with Crippen LogP contribution in [0.2, 0.25) is 0 Å². The molecule has 3 nitrogen and oxygen atoms in total. The van der Waals surface area contributed by atoms with E-state index in [0.29, 0.717) is 25.4 Å². The number of amides is 1. The Morgan fingerprint density at radius 2 is 1.94 bits per heavy atom. The van der Waals surface area contributed by atoms with Gasteiger partial charge in [0.25, 0.3) is 0 Å². The highest BCUT2D eigenvalue weighted by Gasteiger charge is 2.11. The van der Waals surface area contributed by atoms with Crippen molar-refractivity contribution in [3.8, 4) is 0 Å². The summed E-state index contributed by atoms with van der Waals surface area (Å²) in [5, 5.41) is 2.92. The van der Waals surface area contributed by atoms with Crippen molar-refractivity contribution in [3.63, 3.8) is 0 Å². The van der Waals surface area contributed by atoms with Gasteiger partial charge in [-0.3, -0.25) is 4.79 Å². The Morgan fingerprint density at radius 1 is 1.29 bits per heavy atom. The predicted molar refractivity (Wildman–Crippen MR) is 70.7 cm³/mol. The molecule has 17 heavy (non-hydrogen) atoms. The van der Waals surface area contributed by atoms with Crippen molar-refractivity contribution in [1.82, 2.24) is 5.32 Å². The smallest absolute Gasteiger partial charge is 0.220 e. The van der Waals surface area contributed by atoms with Crippen molar-refractivity contribution in [2.45, 2.75) is 26.2 Å². The Morgan fingerprint density at radius 3 is 2.53 bits per heavy atom. The number of hydrogen-bond acceptors (Lipinski definition) is 2. The van der Waals surface area contributed by atoms with Gasteiger partial charge in [0.15, 0.2) is 0 Å². The van der Waals surface area contributed by atoms with Crippen LogP contribution in [0.5, 0.6) is 0 Å². The van der Waals surface area contributed by atoms with Crippen molar-refractivity contribution in [1.29, 1.82) is 0 Å². The molecule has 94 valence electrons. The van der Waals surface area contributed by atoms with Gasteiger partial charge in [0, 0.05) is 13.0 Å². The van der Waals surface area contributed by atoms with Crippen molar-refractivity contribution in [3.05, 3.63) is 35.9 Å². The molecule has 2 atom stereocenters. The molecule has 0 radical (unpaired) electrons. The third-order valence-electron chi connectivity index (χ3n) is 2.91. The van der Waals surface area contributed by atoms with Crippen LogP contribution in [0.3, 0.4) is 0 Å². The minimum absolute atomic E-state index is 0.0988. The van der Waals surface area contributed by atoms with E-state index in [4.69, 9.17) is 5.73 Å². The predicted octanol–water partition coefficient (Wildman–Crippen LogP) is 1.89. The van der Waals surface area contributed by atoms with Gasteiger partial charge < -0.3 is 11.1 Å². The van der Waals surface area contributed by atoms with E-state index in [-0.39, 0.29) is 11.8 Å². The van der Waals surface area contributed by atoms with Gasteiger partial charge in [-0.05, 0) is 23.9 Å². The lowest BCUT2D eigenvalue weighted by atomic mass is 9.97. The van der Waals surface area contributed by atoms with Crippen molar-refractivity contribution < 1.29 is 4.79 Å². The second kappa shape index (κ2) is 7.07. The fraction of sp³-hybridized carbons (Fsp3) is 0.500. The molecule has 0 saturated heterocycles. The lowest BCUT2D eigenvalue weighted by Crippen LogP contribution is -2.31. The average molecular weight is 234 g/mol. The Kier molecular flexibility index (Phi) is 5.70. The van der Waals surface area contributed by atoms with Gasteiger partial charge in [-0.1, -0.05) is 44.2 Å². The van der Waals surface area contributed by atoms with Crippen LogP contribution in [0.4, 0.5) is 0 Å². The molecule has 0 bridgehead atoms. The monoisotopic (exact) mass is 234 g/mol. The summed E-state index contributed by atoms with van der Waals surface area (Å²) in [6.45, 7) is 5.37. The SMILES string of the molecule is CC(CN)CNC(=O)CC(C)c1ccccc1. The largest absolute Gasteiger partial charge is 0.356 e. The Hall–Kier alpha value is -1.35. The summed E-state index contributed by atoms with van der Waals surface area (Å²) in [5.41, 5.74) is 6.70. The van der Waals surface area contributed by atoms with Gasteiger partial charge in [-0.25, -0.2) is 0 Å². The van der Waals surface area contributed by atoms with Gasteiger partial charge in [-0.2, -0.15) is 0 Å². The quantitative estimate of drug-likeness (QED) is 0.789. The summed E-state index contributed by atoms with van der Waals surface area (Å²) in [7, 11) is 0. The molecule has 0 heterocycles. The standard InChI is InChI=1S/C14H22N2O/c1-11(9-15)10-16-14(17)8-12(2)13-6-4-3-5-7-13/h3-7,11-12H,8-10,15H2,1-2H3,(H,16,17). The third-order valence-corrected chi connectivity index (χ3v) is 2.91. The number of hydrogen-bond donors (Lipinski definition) is 2. The Bertz CT molecular complexity index is 337. The molecule has 0 saturated carbocycles. The molecule has 0 fully saturated rings. The van der Waals surface area contributed by atoms with Gasteiger partial charge in [-0.15, -0.1) is 0 Å². The minimum atomic E-state index is 0.0988. The minimum Gasteiger partial charge on any atom is -0.356 e. The first-order valence-corrected chi connectivity index (χ1v) is 6.15. The Balaban J connectivity index is 2.36. The highest BCUT2D eigenvalue weighted by molar-refractivity contribution is 5.76. The molecular formula is C14H22N2O. The average Bonchev–Trinajstić information content (AvgIpc) is 2.36. The number of nitrogens with two attached hydrogens (primary N) is 1. The van der Waals surface area contributed by atoms with Gasteiger partial charge in [0.2, 0.25) is 5.91 Å². The summed E-state index contributed by atoms with van der Waals surface area (Å²) in [5.74, 6) is 0.692. The van der Waals surface area contributed by atoms with Gasteiger partial charge >= 0.3 is 0 Å². The van der Waals surface area contributed by atoms with Gasteiger partial charge in [0.05, 0.1) is 0 Å². The topological polar surface area (TPSA) is 55.1 Å². The van der Waals surface area contributed by atoms with Crippen LogP contribution in [0, 0.1) is 5.92 Å². The van der Waals surface area contributed by atoms with E-state index in [1.165, 1.54) is 5.56 Å². The molecule has 2 unspecified atom stereocenters. The van der Waals surface area contributed by atoms with Crippen molar-refractivity contribution in [2.75, 3.05) is 13.1 Å². The van der Waals surface area contributed by atoms with E-state index < -0.39 is 0 Å². The molecule has 3 N–H and O–H groups in total. The molecule has 0 spiro atoms. The summed E-state index contributed by atoms with van der Waals surface area (Å²) < 4.78 is 0. The van der Waals surface area contributed by atoms with Gasteiger partial charge in [0.1, 0.15) is 0 Å². The van der Waals surface area contributed by atoms with Crippen molar-refractivity contribution in [2.24, 2.45) is 11.7 Å². The van der Waals surface area contributed by atoms with Crippen LogP contribution < -0.4 is 11.1 Å². The second-order valence-corrected chi connectivity index (χ2v) is 4.66. The lowest BCUT2D eigenvalue weighted by molar-refractivity contribution is -0.121. The molecule has 3 heteroatoms. The van der Waals surface area contributed by atoms with E-state index in [0.717, 1.165) is 0 Å². The van der Waals surface area contributed by atoms with E-state index in [2.05, 4.69) is 24.4 Å². The van der Waals surface area contributed by atoms with E-state index >= 15 is 0 Å². The zero-order chi connectivity index (χ0) is 12.7. The summed E-state index contributed by atoms with van der Waals surface area (Å²) in [6, 6.07) is 10.1. The van der Waals surface area contributed by atoms with Crippen LogP contribution in [-0.4, -0.2) is 19.0 Å². The fourth-order valence-electron chi connectivity index (χ4n) is 1.62.